The SMILES string of the molecule is [2H]C(C)C1C2CC1C2.[2H]C(C)C1C2CC3CC(C2)CC1C3.[2H]C(C)C1C2CCC1C2.[2H]C(C)C1C2CCC1CC2.[2H]C(C)C1CC2CC1C2.[2H]C(C)C1CC2CCC1C2.[2H]C(C)C1CC2CCC1CC2.[2H]C(C)C1CCCC1.[2H]C(C)C1CCCCC1. The maximum Gasteiger partial charge on any atom is 0.0267 e. The number of hydrogen-bond acceptors (Lipinski definition) is 0. The van der Waals surface area contributed by atoms with Crippen LogP contribution in [0.25, 0.3) is 0 Å². The van der Waals surface area contributed by atoms with Crippen molar-refractivity contribution in [2.24, 2.45) is 148 Å². The topological polar surface area (TPSA) is 0 Å². The summed E-state index contributed by atoms with van der Waals surface area (Å²) in [6, 6.07) is 0. The van der Waals surface area contributed by atoms with Crippen LogP contribution in [0, 0.1) is 148 Å². The van der Waals surface area contributed by atoms with E-state index in [0.717, 1.165) is 148 Å². The molecule has 452 valence electrons. The molecular weight excluding hydrogens is 937 g/mol. The Balaban J connectivity index is 0.000000117. The fourth-order valence-electron chi connectivity index (χ4n) is 22.3. The minimum Gasteiger partial charge on any atom is -0.0651 e. The molecule has 0 amide bonds. The average Bonchev–Trinajstić information content (AvgIpc) is 1.77. The molecule has 22 aliphatic rings. The first kappa shape index (κ1) is 51.2. The third kappa shape index (κ3) is 16.1. The van der Waals surface area contributed by atoms with E-state index in [1.165, 1.54) is 225 Å². The lowest BCUT2D eigenvalue weighted by atomic mass is 9.47. The number of fused-ring (bicyclic) bond motifs is 9. The van der Waals surface area contributed by atoms with E-state index in [2.05, 4.69) is 34.6 Å². The summed E-state index contributed by atoms with van der Waals surface area (Å²) < 4.78 is 68.3. The predicted molar refractivity (Wildman–Crippen MR) is 341 cm³/mol. The molecule has 22 fully saturated rings. The molecular formula is C78H140. The van der Waals surface area contributed by atoms with Crippen molar-refractivity contribution >= 4 is 0 Å². The van der Waals surface area contributed by atoms with Gasteiger partial charge in [-0.3, -0.25) is 0 Å². The van der Waals surface area contributed by atoms with Gasteiger partial charge in [-0.2, -0.15) is 0 Å². The quantitative estimate of drug-likeness (QED) is 0.216. The van der Waals surface area contributed by atoms with Crippen LogP contribution in [0.1, 0.15) is 357 Å². The molecule has 16 atom stereocenters. The van der Waals surface area contributed by atoms with Gasteiger partial charge in [0.25, 0.3) is 0 Å². The van der Waals surface area contributed by atoms with E-state index in [1.54, 1.807) is 0 Å². The van der Waals surface area contributed by atoms with Crippen molar-refractivity contribution in [3.63, 3.8) is 0 Å². The summed E-state index contributed by atoms with van der Waals surface area (Å²) >= 11 is 0. The highest BCUT2D eigenvalue weighted by Gasteiger charge is 2.51. The van der Waals surface area contributed by atoms with Gasteiger partial charge in [0, 0.05) is 12.3 Å². The standard InChI is InChI=1S/C12H20.C10H18.2C9H16.2C8H14.C8H16.C7H12.C7H14/c1-2-12-10-4-8-3-9(6-10)7-11(12)5-8;1-2-9-7-8-3-5-10(9)6-4-8;1-2-8-5-7-3-4-9(8)6-7;1-2-9-7-3-4-8(9)6-5-7;1-2-7-3-6-4-8(7)5-6;1-2-8-6-3-4-7(8)5-6;1-2-8-6-4-3-5-7-8;1-2-7-5-3-6(7)4-5;1-2-7-5-3-4-6-7/h8-12H,2-7H2,1H3;8-10H,2-7H2,1H3;2*7-9H,2-6H2,1H3;2*6-8H,2-5H2,1H3;8H,2-7H2,1H3;5-7H,2-4H2,1H3;7H,2-6H2,1H3/i9*2D. The van der Waals surface area contributed by atoms with Crippen LogP contribution in [0.3, 0.4) is 0 Å². The van der Waals surface area contributed by atoms with Crippen LogP contribution >= 0.6 is 0 Å². The van der Waals surface area contributed by atoms with Gasteiger partial charge >= 0.3 is 0 Å². The second-order valence-corrected chi connectivity index (χ2v) is 31.2. The van der Waals surface area contributed by atoms with Crippen molar-refractivity contribution in [3.05, 3.63) is 0 Å². The van der Waals surface area contributed by atoms with E-state index in [4.69, 9.17) is 12.3 Å². The van der Waals surface area contributed by atoms with E-state index in [1.807, 2.05) is 27.7 Å². The molecule has 0 saturated heterocycles. The minimum absolute atomic E-state index is 0.185. The number of rotatable bonds is 9. The van der Waals surface area contributed by atoms with Crippen molar-refractivity contribution in [1.29, 1.82) is 0 Å². The lowest BCUT2D eigenvalue weighted by Crippen LogP contribution is -2.49. The fourth-order valence-corrected chi connectivity index (χ4v) is 22.3. The normalized spacial score (nSPS) is 51.0. The highest BCUT2D eigenvalue weighted by molar-refractivity contribution is 5.01. The molecule has 0 aromatic rings. The molecule has 16 bridgehead atoms. The summed E-state index contributed by atoms with van der Waals surface area (Å²) in [6.45, 7) is 18.5. The van der Waals surface area contributed by atoms with Gasteiger partial charge in [0.2, 0.25) is 0 Å². The van der Waals surface area contributed by atoms with Gasteiger partial charge in [-0.25, -0.2) is 0 Å². The van der Waals surface area contributed by atoms with E-state index in [0.29, 0.717) is 0 Å². The highest BCUT2D eigenvalue weighted by atomic mass is 14.6. The highest BCUT2D eigenvalue weighted by Crippen LogP contribution is 2.60. The van der Waals surface area contributed by atoms with Gasteiger partial charge in [-0.1, -0.05) is 197 Å². The first-order valence-corrected chi connectivity index (χ1v) is 36.3. The Morgan fingerprint density at radius 1 is 0.205 bits per heavy atom. The molecule has 22 saturated carbocycles. The Labute approximate surface area is 502 Å². The van der Waals surface area contributed by atoms with Gasteiger partial charge in [0.1, 0.15) is 0 Å². The molecule has 0 radical (unpaired) electrons. The fraction of sp³-hybridized carbons (Fsp3) is 1.00. The van der Waals surface area contributed by atoms with Crippen LogP contribution in [0.2, 0.25) is 0 Å². The van der Waals surface area contributed by atoms with Gasteiger partial charge in [-0.05, 0) is 296 Å². The Hall–Kier alpha value is 0. The zero-order valence-electron chi connectivity index (χ0n) is 62.4. The molecule has 22 rings (SSSR count). The van der Waals surface area contributed by atoms with E-state index in [-0.39, 0.29) is 57.6 Å². The third-order valence-corrected chi connectivity index (χ3v) is 27.3. The first-order chi connectivity index (χ1) is 41.5. The van der Waals surface area contributed by atoms with Crippen LogP contribution in [-0.2, 0) is 0 Å². The molecule has 0 aliphatic heterocycles. The molecule has 22 aliphatic carbocycles. The maximum atomic E-state index is 7.95. The average molecular weight is 1090 g/mol. The van der Waals surface area contributed by atoms with Crippen molar-refractivity contribution < 1.29 is 12.3 Å². The van der Waals surface area contributed by atoms with E-state index >= 15 is 0 Å². The largest absolute Gasteiger partial charge is 0.0651 e. The lowest BCUT2D eigenvalue weighted by molar-refractivity contribution is -0.0819. The monoisotopic (exact) mass is 1090 g/mol. The smallest absolute Gasteiger partial charge is 0.0267 e. The molecule has 0 nitrogen and oxygen atoms in total. The van der Waals surface area contributed by atoms with Crippen molar-refractivity contribution in [2.75, 3.05) is 0 Å². The zero-order chi connectivity index (χ0) is 62.4. The Morgan fingerprint density at radius 2 is 0.513 bits per heavy atom. The minimum atomic E-state index is 0.185. The molecule has 0 aromatic carbocycles. The Bertz CT molecular complexity index is 1840. The Kier molecular flexibility index (Phi) is 20.6. The summed E-state index contributed by atoms with van der Waals surface area (Å²) in [5.74, 6) is 22.6. The zero-order valence-corrected chi connectivity index (χ0v) is 53.4. The van der Waals surface area contributed by atoms with Crippen molar-refractivity contribution in [1.82, 2.24) is 0 Å². The summed E-state index contributed by atoms with van der Waals surface area (Å²) in [6.07, 6.45) is 51.5. The van der Waals surface area contributed by atoms with Crippen molar-refractivity contribution in [3.8, 4) is 0 Å². The van der Waals surface area contributed by atoms with Crippen LogP contribution in [-0.4, -0.2) is 0 Å². The summed E-state index contributed by atoms with van der Waals surface area (Å²) in [5.41, 5.74) is 0. The maximum absolute atomic E-state index is 7.95. The summed E-state index contributed by atoms with van der Waals surface area (Å²) in [4.78, 5) is 0. The second-order valence-electron chi connectivity index (χ2n) is 31.2. The van der Waals surface area contributed by atoms with Gasteiger partial charge in [0.15, 0.2) is 0 Å². The molecule has 78 heavy (non-hydrogen) atoms. The second kappa shape index (κ2) is 31.4. The van der Waals surface area contributed by atoms with E-state index < -0.39 is 0 Å². The van der Waals surface area contributed by atoms with Crippen LogP contribution < -0.4 is 0 Å². The van der Waals surface area contributed by atoms with Crippen LogP contribution in [0.4, 0.5) is 0 Å². The molecule has 0 heteroatoms. The first-order valence-electron chi connectivity index (χ1n) is 41.5. The molecule has 0 N–H and O–H groups in total. The summed E-state index contributed by atoms with van der Waals surface area (Å²) in [7, 11) is 0. The van der Waals surface area contributed by atoms with Crippen LogP contribution in [0.15, 0.2) is 0 Å². The predicted octanol–water partition coefficient (Wildman–Crippen LogP) is 24.9. The third-order valence-electron chi connectivity index (χ3n) is 27.3. The molecule has 0 heterocycles. The molecule has 0 spiro atoms. The van der Waals surface area contributed by atoms with Gasteiger partial charge in [-0.15, -0.1) is 0 Å². The van der Waals surface area contributed by atoms with E-state index in [9.17, 15) is 0 Å². The van der Waals surface area contributed by atoms with Crippen molar-refractivity contribution in [2.45, 2.75) is 345 Å². The van der Waals surface area contributed by atoms with Crippen LogP contribution in [0.5, 0.6) is 0 Å². The number of hydrogen-bond donors (Lipinski definition) is 0. The van der Waals surface area contributed by atoms with Gasteiger partial charge in [0.05, 0.1) is 0 Å². The van der Waals surface area contributed by atoms with Gasteiger partial charge < -0.3 is 0 Å². The molecule has 0 aromatic heterocycles. The summed E-state index contributed by atoms with van der Waals surface area (Å²) in [5, 5.41) is 0. The Morgan fingerprint density at radius 3 is 0.782 bits per heavy atom. The lowest BCUT2D eigenvalue weighted by Gasteiger charge is -2.58. The molecule has 16 unspecified atom stereocenters.